The van der Waals surface area contributed by atoms with E-state index >= 15 is 0 Å². The first-order chi connectivity index (χ1) is 9.90. The molecule has 0 aliphatic rings. The van der Waals surface area contributed by atoms with Crippen LogP contribution in [-0.2, 0) is 6.18 Å². The van der Waals surface area contributed by atoms with Gasteiger partial charge in [-0.05, 0) is 42.0 Å². The Hall–Kier alpha value is -1.72. The van der Waals surface area contributed by atoms with E-state index in [0.29, 0.717) is 10.6 Å². The summed E-state index contributed by atoms with van der Waals surface area (Å²) >= 11 is 5.80. The highest BCUT2D eigenvalue weighted by Crippen LogP contribution is 2.30. The van der Waals surface area contributed by atoms with Crippen LogP contribution in [0.5, 0.6) is 0 Å². The summed E-state index contributed by atoms with van der Waals surface area (Å²) in [4.78, 5) is 0. The molecule has 2 aromatic carbocycles. The minimum absolute atomic E-state index is 0.258. The Labute approximate surface area is 125 Å². The molecule has 0 radical (unpaired) electrons. The van der Waals surface area contributed by atoms with Crippen LogP contribution >= 0.6 is 11.6 Å². The molecule has 112 valence electrons. The van der Waals surface area contributed by atoms with Gasteiger partial charge in [0, 0.05) is 17.3 Å². The van der Waals surface area contributed by atoms with Gasteiger partial charge in [-0.1, -0.05) is 23.7 Å². The van der Waals surface area contributed by atoms with Gasteiger partial charge in [-0.25, -0.2) is 0 Å². The Kier molecular flexibility index (Phi) is 4.75. The molecular formula is C15H14ClF3N2. The number of anilines is 1. The van der Waals surface area contributed by atoms with Crippen molar-refractivity contribution < 1.29 is 13.2 Å². The summed E-state index contributed by atoms with van der Waals surface area (Å²) in [7, 11) is 0. The summed E-state index contributed by atoms with van der Waals surface area (Å²) in [5.74, 6) is 0. The van der Waals surface area contributed by atoms with E-state index in [-0.39, 0.29) is 12.6 Å². The van der Waals surface area contributed by atoms with Gasteiger partial charge in [-0.15, -0.1) is 0 Å². The van der Waals surface area contributed by atoms with Gasteiger partial charge in [0.2, 0.25) is 0 Å². The lowest BCUT2D eigenvalue weighted by atomic mass is 10.0. The minimum atomic E-state index is -4.33. The first-order valence-electron chi connectivity index (χ1n) is 6.29. The van der Waals surface area contributed by atoms with Gasteiger partial charge in [0.15, 0.2) is 0 Å². The second-order valence-electron chi connectivity index (χ2n) is 4.56. The van der Waals surface area contributed by atoms with Gasteiger partial charge < -0.3 is 11.1 Å². The average Bonchev–Trinajstić information content (AvgIpc) is 2.46. The monoisotopic (exact) mass is 314 g/mol. The van der Waals surface area contributed by atoms with Gasteiger partial charge in [0.05, 0.1) is 11.6 Å². The molecule has 0 amide bonds. The molecule has 0 fully saturated rings. The van der Waals surface area contributed by atoms with E-state index in [9.17, 15) is 13.2 Å². The zero-order valence-corrected chi connectivity index (χ0v) is 11.7. The number of benzene rings is 2. The fraction of sp³-hybridized carbons (Fsp3) is 0.200. The molecular weight excluding hydrogens is 301 g/mol. The summed E-state index contributed by atoms with van der Waals surface area (Å²) in [6.45, 7) is 0.258. The molecule has 0 saturated carbocycles. The summed E-state index contributed by atoms with van der Waals surface area (Å²) in [5.41, 5.74) is 6.52. The van der Waals surface area contributed by atoms with Crippen LogP contribution in [0.1, 0.15) is 17.2 Å². The molecule has 1 atom stereocenters. The topological polar surface area (TPSA) is 38.0 Å². The summed E-state index contributed by atoms with van der Waals surface area (Å²) in [6, 6.07) is 11.7. The highest BCUT2D eigenvalue weighted by Gasteiger charge is 2.30. The fourth-order valence-electron chi connectivity index (χ4n) is 1.93. The number of nitrogens with one attached hydrogen (secondary N) is 1. The van der Waals surface area contributed by atoms with Crippen molar-refractivity contribution >= 4 is 17.3 Å². The molecule has 1 unspecified atom stereocenters. The van der Waals surface area contributed by atoms with E-state index in [1.54, 1.807) is 24.3 Å². The van der Waals surface area contributed by atoms with Crippen molar-refractivity contribution in [1.82, 2.24) is 0 Å². The highest BCUT2D eigenvalue weighted by atomic mass is 35.5. The maximum atomic E-state index is 12.5. The SMILES string of the molecule is NCC(Nc1ccc(Cl)cc1)c1ccc(C(F)(F)F)cc1. The van der Waals surface area contributed by atoms with E-state index in [1.165, 1.54) is 12.1 Å². The van der Waals surface area contributed by atoms with Crippen molar-refractivity contribution in [1.29, 1.82) is 0 Å². The van der Waals surface area contributed by atoms with E-state index < -0.39 is 11.7 Å². The number of hydrogen-bond acceptors (Lipinski definition) is 2. The first kappa shape index (κ1) is 15.7. The number of alkyl halides is 3. The Morgan fingerprint density at radius 2 is 1.57 bits per heavy atom. The Bertz CT molecular complexity index is 579. The zero-order chi connectivity index (χ0) is 15.5. The summed E-state index contributed by atoms with van der Waals surface area (Å²) in [6.07, 6.45) is -4.33. The largest absolute Gasteiger partial charge is 0.416 e. The lowest BCUT2D eigenvalue weighted by molar-refractivity contribution is -0.137. The Balaban J connectivity index is 2.15. The predicted octanol–water partition coefficient (Wildman–Crippen LogP) is 4.47. The van der Waals surface area contributed by atoms with Crippen LogP contribution in [0.15, 0.2) is 48.5 Å². The van der Waals surface area contributed by atoms with Gasteiger partial charge in [-0.3, -0.25) is 0 Å². The molecule has 2 nitrogen and oxygen atoms in total. The van der Waals surface area contributed by atoms with Crippen LogP contribution in [0.2, 0.25) is 5.02 Å². The second-order valence-corrected chi connectivity index (χ2v) is 5.00. The van der Waals surface area contributed by atoms with Crippen molar-refractivity contribution in [2.75, 3.05) is 11.9 Å². The van der Waals surface area contributed by atoms with Crippen LogP contribution in [-0.4, -0.2) is 6.54 Å². The zero-order valence-electron chi connectivity index (χ0n) is 11.0. The van der Waals surface area contributed by atoms with Crippen molar-refractivity contribution in [3.8, 4) is 0 Å². The smallest absolute Gasteiger partial charge is 0.377 e. The Morgan fingerprint density at radius 1 is 1.00 bits per heavy atom. The maximum Gasteiger partial charge on any atom is 0.416 e. The van der Waals surface area contributed by atoms with Crippen molar-refractivity contribution in [2.45, 2.75) is 12.2 Å². The van der Waals surface area contributed by atoms with Gasteiger partial charge in [0.25, 0.3) is 0 Å². The van der Waals surface area contributed by atoms with Crippen LogP contribution in [0, 0.1) is 0 Å². The van der Waals surface area contributed by atoms with Gasteiger partial charge >= 0.3 is 6.18 Å². The van der Waals surface area contributed by atoms with Crippen molar-refractivity contribution in [3.63, 3.8) is 0 Å². The maximum absolute atomic E-state index is 12.5. The lowest BCUT2D eigenvalue weighted by Gasteiger charge is -2.19. The van der Waals surface area contributed by atoms with Gasteiger partial charge in [-0.2, -0.15) is 13.2 Å². The molecule has 3 N–H and O–H groups in total. The van der Waals surface area contributed by atoms with E-state index in [0.717, 1.165) is 17.8 Å². The standard InChI is InChI=1S/C15H14ClF3N2/c16-12-5-7-13(8-6-12)21-14(9-20)10-1-3-11(4-2-10)15(17,18)19/h1-8,14,21H,9,20H2. The molecule has 0 bridgehead atoms. The molecule has 0 heterocycles. The third kappa shape index (κ3) is 4.12. The quantitative estimate of drug-likeness (QED) is 0.873. The molecule has 2 aromatic rings. The van der Waals surface area contributed by atoms with Crippen molar-refractivity contribution in [2.24, 2.45) is 5.73 Å². The minimum Gasteiger partial charge on any atom is -0.377 e. The highest BCUT2D eigenvalue weighted by molar-refractivity contribution is 6.30. The summed E-state index contributed by atoms with van der Waals surface area (Å²) < 4.78 is 37.6. The van der Waals surface area contributed by atoms with Crippen LogP contribution < -0.4 is 11.1 Å². The van der Waals surface area contributed by atoms with Crippen LogP contribution in [0.25, 0.3) is 0 Å². The molecule has 21 heavy (non-hydrogen) atoms. The lowest BCUT2D eigenvalue weighted by Crippen LogP contribution is -2.20. The van der Waals surface area contributed by atoms with E-state index in [4.69, 9.17) is 17.3 Å². The van der Waals surface area contributed by atoms with Gasteiger partial charge in [0.1, 0.15) is 0 Å². The second kappa shape index (κ2) is 6.37. The normalized spacial score (nSPS) is 13.0. The molecule has 0 aromatic heterocycles. The molecule has 0 aliphatic heterocycles. The number of nitrogens with two attached hydrogens (primary N) is 1. The summed E-state index contributed by atoms with van der Waals surface area (Å²) in [5, 5.41) is 3.78. The molecule has 0 saturated heterocycles. The molecule has 0 aliphatic carbocycles. The number of rotatable bonds is 4. The Morgan fingerprint density at radius 3 is 2.05 bits per heavy atom. The van der Waals surface area contributed by atoms with Crippen LogP contribution in [0.3, 0.4) is 0 Å². The van der Waals surface area contributed by atoms with Crippen molar-refractivity contribution in [3.05, 3.63) is 64.7 Å². The number of hydrogen-bond donors (Lipinski definition) is 2. The third-order valence-corrected chi connectivity index (χ3v) is 3.31. The van der Waals surface area contributed by atoms with Crippen LogP contribution in [0.4, 0.5) is 18.9 Å². The third-order valence-electron chi connectivity index (χ3n) is 3.06. The average molecular weight is 315 g/mol. The number of halogens is 4. The first-order valence-corrected chi connectivity index (χ1v) is 6.67. The fourth-order valence-corrected chi connectivity index (χ4v) is 2.06. The molecule has 6 heteroatoms. The van der Waals surface area contributed by atoms with E-state index in [1.807, 2.05) is 0 Å². The molecule has 2 rings (SSSR count). The van der Waals surface area contributed by atoms with E-state index in [2.05, 4.69) is 5.32 Å². The molecule has 0 spiro atoms. The predicted molar refractivity (Wildman–Crippen MR) is 78.3 cm³/mol.